The van der Waals surface area contributed by atoms with Crippen LogP contribution in [0.1, 0.15) is 21.7 Å². The van der Waals surface area contributed by atoms with E-state index >= 15 is 0 Å². The highest BCUT2D eigenvalue weighted by molar-refractivity contribution is 5.94. The van der Waals surface area contributed by atoms with E-state index in [1.165, 1.54) is 4.57 Å². The molecule has 1 aliphatic rings. The number of hydrogen-bond acceptors (Lipinski definition) is 7. The molecule has 160 valence electrons. The van der Waals surface area contributed by atoms with Crippen LogP contribution < -0.4 is 15.8 Å². The molecule has 4 rings (SSSR count). The van der Waals surface area contributed by atoms with Crippen molar-refractivity contribution in [3.8, 4) is 0 Å². The molecule has 0 bridgehead atoms. The molecule has 1 N–H and O–H groups in total. The molecule has 0 radical (unpaired) electrons. The first-order valence-electron chi connectivity index (χ1n) is 10.2. The van der Waals surface area contributed by atoms with Crippen molar-refractivity contribution in [2.45, 2.75) is 13.8 Å². The second kappa shape index (κ2) is 8.55. The molecule has 0 saturated carbocycles. The first-order valence-corrected chi connectivity index (χ1v) is 10.2. The van der Waals surface area contributed by atoms with Gasteiger partial charge in [0, 0.05) is 51.7 Å². The zero-order valence-electron chi connectivity index (χ0n) is 17.9. The summed E-state index contributed by atoms with van der Waals surface area (Å²) >= 11 is 0. The molecular formula is C22H25N7O2. The fourth-order valence-electron chi connectivity index (χ4n) is 3.58. The predicted molar refractivity (Wildman–Crippen MR) is 119 cm³/mol. The number of nitrogens with one attached hydrogen (secondary N) is 1. The molecule has 3 aromatic heterocycles. The monoisotopic (exact) mass is 419 g/mol. The predicted octanol–water partition coefficient (Wildman–Crippen LogP) is 1.89. The Kier molecular flexibility index (Phi) is 5.66. The molecule has 0 atom stereocenters. The number of carbonyl (C=O) groups excluding carboxylic acids is 1. The van der Waals surface area contributed by atoms with Crippen LogP contribution in [0.2, 0.25) is 0 Å². The topological polar surface area (TPSA) is 96.2 Å². The van der Waals surface area contributed by atoms with E-state index in [1.807, 2.05) is 32.0 Å². The molecule has 0 spiro atoms. The molecule has 0 aromatic carbocycles. The smallest absolute Gasteiger partial charge is 0.263 e. The van der Waals surface area contributed by atoms with E-state index in [0.29, 0.717) is 37.8 Å². The highest BCUT2D eigenvalue weighted by Crippen LogP contribution is 2.21. The third-order valence-corrected chi connectivity index (χ3v) is 5.24. The number of amides is 1. The van der Waals surface area contributed by atoms with Gasteiger partial charge in [-0.3, -0.25) is 9.59 Å². The van der Waals surface area contributed by atoms with E-state index in [4.69, 9.17) is 0 Å². The van der Waals surface area contributed by atoms with Gasteiger partial charge in [0.25, 0.3) is 11.5 Å². The van der Waals surface area contributed by atoms with Gasteiger partial charge in [0.15, 0.2) is 0 Å². The number of carbonyl (C=O) groups is 1. The molecule has 1 fully saturated rings. The van der Waals surface area contributed by atoms with Crippen LogP contribution in [0.3, 0.4) is 0 Å². The number of hydrogen-bond donors (Lipinski definition) is 1. The van der Waals surface area contributed by atoms with E-state index in [-0.39, 0.29) is 17.0 Å². The Morgan fingerprint density at radius 1 is 1.03 bits per heavy atom. The van der Waals surface area contributed by atoms with Gasteiger partial charge >= 0.3 is 0 Å². The minimum absolute atomic E-state index is 0.202. The summed E-state index contributed by atoms with van der Waals surface area (Å²) in [7, 11) is 1.65. The Bertz CT molecular complexity index is 1170. The van der Waals surface area contributed by atoms with Gasteiger partial charge in [-0.2, -0.15) is 0 Å². The van der Waals surface area contributed by atoms with Gasteiger partial charge in [0.1, 0.15) is 28.8 Å². The lowest BCUT2D eigenvalue weighted by Crippen LogP contribution is -2.50. The Morgan fingerprint density at radius 2 is 1.81 bits per heavy atom. The molecule has 3 aromatic rings. The lowest BCUT2D eigenvalue weighted by Gasteiger charge is -2.35. The van der Waals surface area contributed by atoms with Crippen LogP contribution in [0.15, 0.2) is 47.5 Å². The van der Waals surface area contributed by atoms with Crippen molar-refractivity contribution in [3.63, 3.8) is 0 Å². The average Bonchev–Trinajstić information content (AvgIpc) is 2.75. The summed E-state index contributed by atoms with van der Waals surface area (Å²) in [4.78, 5) is 42.3. The second-order valence-corrected chi connectivity index (χ2v) is 7.62. The Labute approximate surface area is 180 Å². The molecule has 1 aliphatic heterocycles. The van der Waals surface area contributed by atoms with Crippen molar-refractivity contribution in [2.24, 2.45) is 7.05 Å². The molecule has 1 saturated heterocycles. The van der Waals surface area contributed by atoms with Crippen molar-refractivity contribution >= 4 is 23.4 Å². The maximum atomic E-state index is 12.8. The Balaban J connectivity index is 1.46. The minimum atomic E-state index is -0.276. The minimum Gasteiger partial charge on any atom is -0.353 e. The third-order valence-electron chi connectivity index (χ3n) is 5.24. The Morgan fingerprint density at radius 3 is 2.55 bits per heavy atom. The molecule has 9 heteroatoms. The molecule has 4 heterocycles. The van der Waals surface area contributed by atoms with Crippen molar-refractivity contribution in [3.05, 3.63) is 70.0 Å². The van der Waals surface area contributed by atoms with E-state index < -0.39 is 0 Å². The summed E-state index contributed by atoms with van der Waals surface area (Å²) in [5.74, 6) is 2.62. The second-order valence-electron chi connectivity index (χ2n) is 7.62. The van der Waals surface area contributed by atoms with Crippen molar-refractivity contribution < 1.29 is 4.79 Å². The molecule has 31 heavy (non-hydrogen) atoms. The van der Waals surface area contributed by atoms with Gasteiger partial charge in [-0.25, -0.2) is 15.0 Å². The zero-order valence-corrected chi connectivity index (χ0v) is 17.9. The van der Waals surface area contributed by atoms with Gasteiger partial charge in [-0.1, -0.05) is 0 Å². The first-order chi connectivity index (χ1) is 14.9. The van der Waals surface area contributed by atoms with E-state index in [9.17, 15) is 9.59 Å². The number of aromatic nitrogens is 4. The highest BCUT2D eigenvalue weighted by Gasteiger charge is 2.25. The summed E-state index contributed by atoms with van der Waals surface area (Å²) in [6.07, 6.45) is 3.40. The number of aryl methyl sites for hydroxylation is 3. The summed E-state index contributed by atoms with van der Waals surface area (Å²) in [6.45, 7) is 6.14. The van der Waals surface area contributed by atoms with E-state index in [1.54, 1.807) is 36.5 Å². The molecule has 9 nitrogen and oxygen atoms in total. The van der Waals surface area contributed by atoms with Crippen molar-refractivity contribution in [1.82, 2.24) is 24.4 Å². The molecule has 0 aliphatic carbocycles. The lowest BCUT2D eigenvalue weighted by atomic mass is 10.2. The fraction of sp³-hybridized carbons (Fsp3) is 0.318. The quantitative estimate of drug-likeness (QED) is 0.690. The van der Waals surface area contributed by atoms with E-state index in [2.05, 4.69) is 25.2 Å². The highest BCUT2D eigenvalue weighted by atomic mass is 16.2. The van der Waals surface area contributed by atoms with Crippen molar-refractivity contribution in [1.29, 1.82) is 0 Å². The maximum absolute atomic E-state index is 12.8. The summed E-state index contributed by atoms with van der Waals surface area (Å²) in [5, 5.41) is 3.23. The van der Waals surface area contributed by atoms with Gasteiger partial charge in [-0.15, -0.1) is 0 Å². The lowest BCUT2D eigenvalue weighted by molar-refractivity contribution is 0.0744. The molecule has 1 amide bonds. The average molecular weight is 419 g/mol. The van der Waals surface area contributed by atoms with Crippen molar-refractivity contribution in [2.75, 3.05) is 36.4 Å². The van der Waals surface area contributed by atoms with Gasteiger partial charge in [0.05, 0.1) is 0 Å². The number of nitrogens with zero attached hydrogens (tertiary/aromatic N) is 6. The normalized spacial score (nSPS) is 13.9. The standard InChI is InChI=1S/C22H25N7O2/c1-15-6-7-23-18(13-15)26-19-14-20(25-16(2)24-19)28-9-11-29(12-10-28)22(31)17-5-4-8-27(3)21(17)30/h4-8,13-14H,9-12H2,1-3H3,(H,23,24,25,26). The number of rotatable bonds is 4. The number of anilines is 3. The summed E-state index contributed by atoms with van der Waals surface area (Å²) < 4.78 is 1.42. The van der Waals surface area contributed by atoms with Crippen LogP contribution in [0.25, 0.3) is 0 Å². The fourth-order valence-corrected chi connectivity index (χ4v) is 3.58. The first kappa shape index (κ1) is 20.5. The molecule has 0 unspecified atom stereocenters. The van der Waals surface area contributed by atoms with Crippen LogP contribution >= 0.6 is 0 Å². The van der Waals surface area contributed by atoms with Gasteiger partial charge in [-0.05, 0) is 43.7 Å². The van der Waals surface area contributed by atoms with Gasteiger partial charge in [0.2, 0.25) is 0 Å². The Hall–Kier alpha value is -3.75. The maximum Gasteiger partial charge on any atom is 0.263 e. The van der Waals surface area contributed by atoms with Crippen LogP contribution in [0, 0.1) is 13.8 Å². The van der Waals surface area contributed by atoms with Crippen LogP contribution in [-0.4, -0.2) is 56.5 Å². The number of piperazine rings is 1. The summed E-state index contributed by atoms with van der Waals surface area (Å²) in [6, 6.07) is 9.08. The van der Waals surface area contributed by atoms with Gasteiger partial charge < -0.3 is 19.7 Å². The SMILES string of the molecule is Cc1ccnc(Nc2cc(N3CCN(C(=O)c4cccn(C)c4=O)CC3)nc(C)n2)c1. The van der Waals surface area contributed by atoms with Crippen LogP contribution in [0.5, 0.6) is 0 Å². The largest absolute Gasteiger partial charge is 0.353 e. The third kappa shape index (κ3) is 4.55. The molecular weight excluding hydrogens is 394 g/mol. The zero-order chi connectivity index (χ0) is 22.0. The van der Waals surface area contributed by atoms with Crippen LogP contribution in [0.4, 0.5) is 17.5 Å². The van der Waals surface area contributed by atoms with Crippen LogP contribution in [-0.2, 0) is 7.05 Å². The summed E-state index contributed by atoms with van der Waals surface area (Å²) in [5.41, 5.74) is 1.04. The number of pyridine rings is 2. The van der Waals surface area contributed by atoms with E-state index in [0.717, 1.165) is 17.2 Å².